The number of aromatic nitrogens is 1. The van der Waals surface area contributed by atoms with Crippen molar-refractivity contribution in [3.63, 3.8) is 0 Å². The molecule has 0 unspecified atom stereocenters. The number of anilines is 1. The Morgan fingerprint density at radius 2 is 2.00 bits per heavy atom. The molecule has 0 aliphatic heterocycles. The van der Waals surface area contributed by atoms with Gasteiger partial charge in [0.1, 0.15) is 11.5 Å². The molecule has 0 aliphatic rings. The molecule has 2 aromatic rings. The number of nitrogens with two attached hydrogens (primary N) is 1. The minimum Gasteiger partial charge on any atom is -0.497 e. The normalized spacial score (nSPS) is 10.0. The number of hydrogen-bond acceptors (Lipinski definition) is 4. The average Bonchev–Trinajstić information content (AvgIpc) is 2.33. The highest BCUT2D eigenvalue weighted by Crippen LogP contribution is 2.28. The van der Waals surface area contributed by atoms with Crippen molar-refractivity contribution in [2.75, 3.05) is 12.8 Å². The summed E-state index contributed by atoms with van der Waals surface area (Å²) in [5.74, 6) is 1.63. The van der Waals surface area contributed by atoms with Crippen molar-refractivity contribution < 1.29 is 9.47 Å². The van der Waals surface area contributed by atoms with E-state index in [1.165, 1.54) is 6.20 Å². The maximum absolute atomic E-state index is 5.75. The third-order valence-corrected chi connectivity index (χ3v) is 2.31. The third kappa shape index (κ3) is 2.79. The van der Waals surface area contributed by atoms with Gasteiger partial charge in [-0.3, -0.25) is 0 Å². The van der Waals surface area contributed by atoms with E-state index in [0.717, 1.165) is 0 Å². The highest BCUT2D eigenvalue weighted by atomic mass is 35.5. The zero-order chi connectivity index (χ0) is 12.3. The van der Waals surface area contributed by atoms with E-state index >= 15 is 0 Å². The van der Waals surface area contributed by atoms with Gasteiger partial charge in [0.25, 0.3) is 0 Å². The van der Waals surface area contributed by atoms with Gasteiger partial charge >= 0.3 is 0 Å². The maximum atomic E-state index is 5.75. The lowest BCUT2D eigenvalue weighted by molar-refractivity contribution is 0.407. The van der Waals surface area contributed by atoms with E-state index in [1.54, 1.807) is 25.3 Å². The van der Waals surface area contributed by atoms with Gasteiger partial charge in [-0.2, -0.15) is 0 Å². The summed E-state index contributed by atoms with van der Waals surface area (Å²) in [7, 11) is 1.59. The molecule has 5 heteroatoms. The van der Waals surface area contributed by atoms with Gasteiger partial charge in [0.15, 0.2) is 0 Å². The van der Waals surface area contributed by atoms with Crippen LogP contribution in [0.1, 0.15) is 0 Å². The van der Waals surface area contributed by atoms with Gasteiger partial charge in [-0.15, -0.1) is 0 Å². The molecule has 0 fully saturated rings. The zero-order valence-electron chi connectivity index (χ0n) is 9.18. The molecular weight excluding hydrogens is 240 g/mol. The lowest BCUT2D eigenvalue weighted by Crippen LogP contribution is -1.95. The largest absolute Gasteiger partial charge is 0.497 e. The molecule has 0 spiro atoms. The quantitative estimate of drug-likeness (QED) is 0.909. The van der Waals surface area contributed by atoms with Crippen LogP contribution < -0.4 is 15.2 Å². The molecule has 0 amide bonds. The second kappa shape index (κ2) is 4.93. The summed E-state index contributed by atoms with van der Waals surface area (Å²) < 4.78 is 10.6. The second-order valence-corrected chi connectivity index (χ2v) is 3.77. The fourth-order valence-electron chi connectivity index (χ4n) is 1.30. The number of nitrogen functional groups attached to an aromatic ring is 1. The van der Waals surface area contributed by atoms with E-state index < -0.39 is 0 Å². The van der Waals surface area contributed by atoms with E-state index in [9.17, 15) is 0 Å². The van der Waals surface area contributed by atoms with Crippen LogP contribution in [0.3, 0.4) is 0 Å². The summed E-state index contributed by atoms with van der Waals surface area (Å²) in [5.41, 5.74) is 6.13. The standard InChI is InChI=1S/C12H11ClN2O2/c1-16-9-3-2-4-10(6-9)17-12-11(14)5-8(13)7-15-12/h2-7H,14H2,1H3. The number of ether oxygens (including phenoxy) is 2. The first-order chi connectivity index (χ1) is 8.19. The average molecular weight is 251 g/mol. The third-order valence-electron chi connectivity index (χ3n) is 2.10. The van der Waals surface area contributed by atoms with Gasteiger partial charge in [-0.1, -0.05) is 17.7 Å². The van der Waals surface area contributed by atoms with Crippen LogP contribution in [0.5, 0.6) is 17.4 Å². The van der Waals surface area contributed by atoms with E-state index in [2.05, 4.69) is 4.98 Å². The SMILES string of the molecule is COc1cccc(Oc2ncc(Cl)cc2N)c1. The van der Waals surface area contributed by atoms with Crippen LogP contribution in [0, 0.1) is 0 Å². The van der Waals surface area contributed by atoms with Crippen molar-refractivity contribution in [3.8, 4) is 17.4 Å². The highest BCUT2D eigenvalue weighted by molar-refractivity contribution is 6.30. The van der Waals surface area contributed by atoms with E-state index in [4.69, 9.17) is 26.8 Å². The summed E-state index contributed by atoms with van der Waals surface area (Å²) in [6, 6.07) is 8.77. The Bertz CT molecular complexity index is 532. The molecule has 0 bridgehead atoms. The van der Waals surface area contributed by atoms with Crippen molar-refractivity contribution in [3.05, 3.63) is 41.6 Å². The summed E-state index contributed by atoms with van der Waals surface area (Å²) in [6.07, 6.45) is 1.48. The molecule has 1 aromatic carbocycles. The molecule has 0 atom stereocenters. The van der Waals surface area contributed by atoms with E-state index in [-0.39, 0.29) is 0 Å². The number of pyridine rings is 1. The van der Waals surface area contributed by atoms with E-state index in [0.29, 0.717) is 28.1 Å². The topological polar surface area (TPSA) is 57.4 Å². The van der Waals surface area contributed by atoms with Gasteiger partial charge in [0.05, 0.1) is 17.8 Å². The molecule has 0 radical (unpaired) electrons. The fraction of sp³-hybridized carbons (Fsp3) is 0.0833. The fourth-order valence-corrected chi connectivity index (χ4v) is 1.47. The minimum atomic E-state index is 0.322. The molecule has 2 N–H and O–H groups in total. The van der Waals surface area contributed by atoms with Crippen LogP contribution in [-0.4, -0.2) is 12.1 Å². The minimum absolute atomic E-state index is 0.322. The number of nitrogens with zero attached hydrogens (tertiary/aromatic N) is 1. The molecule has 1 aromatic heterocycles. The number of methoxy groups -OCH3 is 1. The van der Waals surface area contributed by atoms with Gasteiger partial charge < -0.3 is 15.2 Å². The van der Waals surface area contributed by atoms with Crippen LogP contribution in [0.4, 0.5) is 5.69 Å². The smallest absolute Gasteiger partial charge is 0.242 e. The highest BCUT2D eigenvalue weighted by Gasteiger charge is 2.05. The zero-order valence-corrected chi connectivity index (χ0v) is 9.94. The number of rotatable bonds is 3. The Kier molecular flexibility index (Phi) is 3.35. The van der Waals surface area contributed by atoms with Crippen LogP contribution in [0.25, 0.3) is 0 Å². The molecule has 0 saturated carbocycles. The van der Waals surface area contributed by atoms with Crippen LogP contribution >= 0.6 is 11.6 Å². The first-order valence-corrected chi connectivity index (χ1v) is 5.30. The Morgan fingerprint density at radius 1 is 1.24 bits per heavy atom. The second-order valence-electron chi connectivity index (χ2n) is 3.33. The van der Waals surface area contributed by atoms with Crippen molar-refractivity contribution in [1.82, 2.24) is 4.98 Å². The first kappa shape index (κ1) is 11.5. The monoisotopic (exact) mass is 250 g/mol. The predicted molar refractivity (Wildman–Crippen MR) is 66.7 cm³/mol. The van der Waals surface area contributed by atoms with Gasteiger partial charge in [-0.25, -0.2) is 4.98 Å². The number of benzene rings is 1. The van der Waals surface area contributed by atoms with Crippen molar-refractivity contribution in [2.24, 2.45) is 0 Å². The molecule has 2 rings (SSSR count). The van der Waals surface area contributed by atoms with Crippen LogP contribution in [0.2, 0.25) is 5.02 Å². The lowest BCUT2D eigenvalue weighted by Gasteiger charge is -2.08. The predicted octanol–water partition coefficient (Wildman–Crippen LogP) is 3.12. The van der Waals surface area contributed by atoms with Crippen LogP contribution in [0.15, 0.2) is 36.5 Å². The number of halogens is 1. The Morgan fingerprint density at radius 3 is 2.71 bits per heavy atom. The molecule has 4 nitrogen and oxygen atoms in total. The van der Waals surface area contributed by atoms with Gasteiger partial charge in [0.2, 0.25) is 5.88 Å². The molecule has 0 saturated heterocycles. The van der Waals surface area contributed by atoms with Crippen LogP contribution in [-0.2, 0) is 0 Å². The molecular formula is C12H11ClN2O2. The van der Waals surface area contributed by atoms with Crippen molar-refractivity contribution in [1.29, 1.82) is 0 Å². The summed E-state index contributed by atoms with van der Waals surface area (Å²) in [5, 5.41) is 0.473. The molecule has 1 heterocycles. The van der Waals surface area contributed by atoms with Crippen molar-refractivity contribution >= 4 is 17.3 Å². The Balaban J connectivity index is 2.25. The maximum Gasteiger partial charge on any atom is 0.242 e. The Labute approximate surface area is 104 Å². The van der Waals surface area contributed by atoms with Crippen molar-refractivity contribution in [2.45, 2.75) is 0 Å². The van der Waals surface area contributed by atoms with Gasteiger partial charge in [0, 0.05) is 12.3 Å². The molecule has 88 valence electrons. The lowest BCUT2D eigenvalue weighted by atomic mass is 10.3. The summed E-state index contributed by atoms with van der Waals surface area (Å²) in [6.45, 7) is 0. The Hall–Kier alpha value is -1.94. The molecule has 0 aliphatic carbocycles. The first-order valence-electron chi connectivity index (χ1n) is 4.92. The van der Waals surface area contributed by atoms with E-state index in [1.807, 2.05) is 12.1 Å². The number of hydrogen-bond donors (Lipinski definition) is 1. The van der Waals surface area contributed by atoms with Gasteiger partial charge in [-0.05, 0) is 18.2 Å². The summed E-state index contributed by atoms with van der Waals surface area (Å²) in [4.78, 5) is 4.01. The molecule has 17 heavy (non-hydrogen) atoms. The summed E-state index contributed by atoms with van der Waals surface area (Å²) >= 11 is 5.75.